The number of unbranched alkanes of at least 4 members (excludes halogenated alkanes) is 2. The van der Waals surface area contributed by atoms with Crippen molar-refractivity contribution in [1.29, 1.82) is 0 Å². The van der Waals surface area contributed by atoms with Crippen LogP contribution in [-0.2, 0) is 38.1 Å². The zero-order valence-corrected chi connectivity index (χ0v) is 24.8. The number of amides is 3. The lowest BCUT2D eigenvalue weighted by Crippen LogP contribution is -2.53. The second-order valence-corrected chi connectivity index (χ2v) is 9.10. The van der Waals surface area contributed by atoms with Gasteiger partial charge in [0.2, 0.25) is 17.7 Å². The van der Waals surface area contributed by atoms with Crippen LogP contribution in [0, 0.1) is 0 Å². The van der Waals surface area contributed by atoms with Gasteiger partial charge in [0.05, 0.1) is 59.3 Å². The molecule has 0 radical (unpaired) electrons. The minimum absolute atomic E-state index is 0.0481. The maximum absolute atomic E-state index is 12.9. The third-order valence-electron chi connectivity index (χ3n) is 5.58. The molecular formula is C25H45N9O9. The molecule has 0 unspecified atom stereocenters. The summed E-state index contributed by atoms with van der Waals surface area (Å²) in [5.74, 6) is -2.22. The molecule has 0 aliphatic heterocycles. The molecule has 2 atom stereocenters. The standard InChI is InChI=1S/C25H45N9O9/c1-20(35)31-22(7-3-5-10-30-34-27)25(39)32-21(6-2-4-9-29-33-26)24(38)28-11-13-41-15-17-43-19-18-42-16-14-40-12-8-23(36)37/h21-22H,2-19H2,1H3,(H,28,38)(H,31,35)(H,32,39)(H,36,37)/t21-,22-/m0/s1. The number of carboxylic acid groups (broad SMARTS) is 1. The van der Waals surface area contributed by atoms with Crippen LogP contribution < -0.4 is 16.0 Å². The number of nitrogens with zero attached hydrogens (tertiary/aromatic N) is 6. The molecule has 0 aliphatic carbocycles. The number of hydrogen-bond donors (Lipinski definition) is 4. The highest BCUT2D eigenvalue weighted by Gasteiger charge is 2.25. The van der Waals surface area contributed by atoms with Gasteiger partial charge in [-0.2, -0.15) is 0 Å². The summed E-state index contributed by atoms with van der Waals surface area (Å²) in [5.41, 5.74) is 16.8. The lowest BCUT2D eigenvalue weighted by atomic mass is 10.1. The van der Waals surface area contributed by atoms with Crippen LogP contribution in [-0.4, -0.2) is 113 Å². The van der Waals surface area contributed by atoms with Gasteiger partial charge in [-0.3, -0.25) is 19.2 Å². The fourth-order valence-electron chi connectivity index (χ4n) is 3.50. The topological polar surface area (TPSA) is 259 Å². The molecule has 18 nitrogen and oxygen atoms in total. The molecular weight excluding hydrogens is 570 g/mol. The molecule has 244 valence electrons. The average molecular weight is 616 g/mol. The maximum Gasteiger partial charge on any atom is 0.305 e. The van der Waals surface area contributed by atoms with Crippen molar-refractivity contribution in [3.05, 3.63) is 20.9 Å². The van der Waals surface area contributed by atoms with Crippen molar-refractivity contribution in [2.24, 2.45) is 10.2 Å². The molecule has 0 rings (SSSR count). The molecule has 3 amide bonds. The van der Waals surface area contributed by atoms with E-state index in [9.17, 15) is 19.2 Å². The Morgan fingerprint density at radius 1 is 0.698 bits per heavy atom. The van der Waals surface area contributed by atoms with Gasteiger partial charge in [0.15, 0.2) is 0 Å². The zero-order valence-electron chi connectivity index (χ0n) is 24.8. The molecule has 0 heterocycles. The van der Waals surface area contributed by atoms with Crippen LogP contribution in [0.4, 0.5) is 0 Å². The Kier molecular flexibility index (Phi) is 26.0. The number of rotatable bonds is 29. The van der Waals surface area contributed by atoms with Crippen LogP contribution in [0.25, 0.3) is 20.9 Å². The Hall–Kier alpha value is -3.66. The van der Waals surface area contributed by atoms with Crippen LogP contribution in [0.15, 0.2) is 10.2 Å². The lowest BCUT2D eigenvalue weighted by molar-refractivity contribution is -0.138. The Balaban J connectivity index is 4.43. The number of carbonyl (C=O) groups is 4. The Morgan fingerprint density at radius 2 is 1.16 bits per heavy atom. The highest BCUT2D eigenvalue weighted by Crippen LogP contribution is 2.06. The van der Waals surface area contributed by atoms with E-state index in [1.54, 1.807) is 0 Å². The van der Waals surface area contributed by atoms with E-state index in [-0.39, 0.29) is 39.3 Å². The minimum Gasteiger partial charge on any atom is -0.481 e. The number of carboxylic acids is 1. The number of hydrogen-bond acceptors (Lipinski definition) is 10. The first-order valence-corrected chi connectivity index (χ1v) is 14.2. The van der Waals surface area contributed by atoms with E-state index >= 15 is 0 Å². The number of aliphatic carboxylic acids is 1. The number of azide groups is 2. The largest absolute Gasteiger partial charge is 0.481 e. The first-order valence-electron chi connectivity index (χ1n) is 14.2. The molecule has 43 heavy (non-hydrogen) atoms. The molecule has 0 saturated heterocycles. The number of nitrogens with one attached hydrogen (secondary N) is 3. The first kappa shape index (κ1) is 39.3. The number of ether oxygens (including phenoxy) is 4. The molecule has 0 aromatic rings. The average Bonchev–Trinajstić information content (AvgIpc) is 2.97. The monoisotopic (exact) mass is 615 g/mol. The van der Waals surface area contributed by atoms with E-state index in [0.717, 1.165) is 0 Å². The molecule has 0 aromatic heterocycles. The molecule has 0 bridgehead atoms. The third kappa shape index (κ3) is 25.8. The Morgan fingerprint density at radius 3 is 1.63 bits per heavy atom. The van der Waals surface area contributed by atoms with E-state index in [1.165, 1.54) is 6.92 Å². The highest BCUT2D eigenvalue weighted by molar-refractivity contribution is 5.91. The van der Waals surface area contributed by atoms with Crippen LogP contribution in [0.2, 0.25) is 0 Å². The molecule has 0 spiro atoms. The highest BCUT2D eigenvalue weighted by atomic mass is 16.6. The first-order chi connectivity index (χ1) is 20.8. The molecule has 4 N–H and O–H groups in total. The summed E-state index contributed by atoms with van der Waals surface area (Å²) in [6.07, 6.45) is 2.68. The van der Waals surface area contributed by atoms with E-state index in [0.29, 0.717) is 78.2 Å². The minimum atomic E-state index is -0.913. The van der Waals surface area contributed by atoms with Crippen molar-refractivity contribution in [1.82, 2.24) is 16.0 Å². The molecule has 0 aromatic carbocycles. The van der Waals surface area contributed by atoms with Gasteiger partial charge in [0.25, 0.3) is 0 Å². The van der Waals surface area contributed by atoms with E-state index in [1.807, 2.05) is 0 Å². The van der Waals surface area contributed by atoms with Gasteiger partial charge in [-0.1, -0.05) is 23.1 Å². The van der Waals surface area contributed by atoms with Crippen molar-refractivity contribution < 1.29 is 43.2 Å². The van der Waals surface area contributed by atoms with Crippen molar-refractivity contribution in [3.8, 4) is 0 Å². The smallest absolute Gasteiger partial charge is 0.305 e. The van der Waals surface area contributed by atoms with Gasteiger partial charge >= 0.3 is 5.97 Å². The molecule has 0 saturated carbocycles. The summed E-state index contributed by atoms with van der Waals surface area (Å²) < 4.78 is 21.2. The van der Waals surface area contributed by atoms with Crippen LogP contribution in [0.3, 0.4) is 0 Å². The summed E-state index contributed by atoms with van der Waals surface area (Å²) >= 11 is 0. The van der Waals surface area contributed by atoms with Gasteiger partial charge in [0, 0.05) is 36.4 Å². The van der Waals surface area contributed by atoms with Gasteiger partial charge < -0.3 is 40.0 Å². The van der Waals surface area contributed by atoms with Gasteiger partial charge in [-0.15, -0.1) is 0 Å². The van der Waals surface area contributed by atoms with Gasteiger partial charge in [-0.05, 0) is 36.7 Å². The Labute approximate surface area is 250 Å². The summed E-state index contributed by atoms with van der Waals surface area (Å²) in [6, 6.07) is -1.73. The summed E-state index contributed by atoms with van der Waals surface area (Å²) in [7, 11) is 0. The fourth-order valence-corrected chi connectivity index (χ4v) is 3.50. The Bertz CT molecular complexity index is 897. The van der Waals surface area contributed by atoms with E-state index in [4.69, 9.17) is 35.1 Å². The van der Waals surface area contributed by atoms with Crippen molar-refractivity contribution in [2.45, 2.75) is 64.0 Å². The molecule has 0 aliphatic rings. The predicted molar refractivity (Wildman–Crippen MR) is 154 cm³/mol. The summed E-state index contributed by atoms with van der Waals surface area (Å²) in [4.78, 5) is 53.2. The summed E-state index contributed by atoms with van der Waals surface area (Å²) in [5, 5.41) is 23.5. The molecule has 0 fully saturated rings. The maximum atomic E-state index is 12.9. The van der Waals surface area contributed by atoms with Crippen LogP contribution in [0.5, 0.6) is 0 Å². The fraction of sp³-hybridized carbons (Fsp3) is 0.840. The zero-order chi connectivity index (χ0) is 32.0. The second-order valence-electron chi connectivity index (χ2n) is 9.10. The summed E-state index contributed by atoms with van der Waals surface area (Å²) in [6.45, 7) is 4.36. The quantitative estimate of drug-likeness (QED) is 0.0411. The van der Waals surface area contributed by atoms with Gasteiger partial charge in [0.1, 0.15) is 12.1 Å². The lowest BCUT2D eigenvalue weighted by Gasteiger charge is -2.23. The van der Waals surface area contributed by atoms with Crippen molar-refractivity contribution >= 4 is 23.7 Å². The van der Waals surface area contributed by atoms with Crippen LogP contribution >= 0.6 is 0 Å². The SMILES string of the molecule is CC(=O)N[C@@H](CCCCN=[N+]=[N-])C(=O)N[C@@H](CCCCN=[N+]=[N-])C(=O)NCCOCCOCCOCCOCCC(=O)O. The van der Waals surface area contributed by atoms with Gasteiger partial charge in [-0.25, -0.2) is 0 Å². The van der Waals surface area contributed by atoms with Crippen molar-refractivity contribution in [2.75, 3.05) is 72.5 Å². The second kappa shape index (κ2) is 28.5. The van der Waals surface area contributed by atoms with Crippen LogP contribution in [0.1, 0.15) is 51.9 Å². The third-order valence-corrected chi connectivity index (χ3v) is 5.58. The van der Waals surface area contributed by atoms with E-state index in [2.05, 4.69) is 36.0 Å². The number of carbonyl (C=O) groups excluding carboxylic acids is 3. The van der Waals surface area contributed by atoms with Crippen molar-refractivity contribution in [3.63, 3.8) is 0 Å². The van der Waals surface area contributed by atoms with E-state index < -0.39 is 35.8 Å². The predicted octanol–water partition coefficient (Wildman–Crippen LogP) is 1.59. The normalized spacial score (nSPS) is 11.8. The molecule has 18 heteroatoms.